The van der Waals surface area contributed by atoms with Crippen LogP contribution in [-0.2, 0) is 6.54 Å². The zero-order valence-electron chi connectivity index (χ0n) is 9.44. The van der Waals surface area contributed by atoms with Crippen molar-refractivity contribution in [1.29, 1.82) is 0 Å². The van der Waals surface area contributed by atoms with E-state index in [1.54, 1.807) is 11.3 Å². The van der Waals surface area contributed by atoms with Gasteiger partial charge < -0.3 is 5.32 Å². The second kappa shape index (κ2) is 5.05. The molecule has 0 aliphatic carbocycles. The van der Waals surface area contributed by atoms with Crippen molar-refractivity contribution in [2.24, 2.45) is 0 Å². The smallest absolute Gasteiger partial charge is 0.0795 e. The van der Waals surface area contributed by atoms with Crippen molar-refractivity contribution >= 4 is 11.3 Å². The van der Waals surface area contributed by atoms with Gasteiger partial charge in [0.1, 0.15) is 0 Å². The summed E-state index contributed by atoms with van der Waals surface area (Å²) in [5, 5.41) is 5.73. The number of aromatic nitrogens is 1. The highest BCUT2D eigenvalue weighted by atomic mass is 32.1. The van der Waals surface area contributed by atoms with Gasteiger partial charge in [-0.1, -0.05) is 13.8 Å². The highest BCUT2D eigenvalue weighted by molar-refractivity contribution is 7.07. The van der Waals surface area contributed by atoms with Crippen LogP contribution >= 0.6 is 11.3 Å². The molecule has 2 heterocycles. The van der Waals surface area contributed by atoms with E-state index in [1.165, 1.54) is 18.7 Å². The Labute approximate surface area is 95.5 Å². The molecular formula is C11H19N3S. The van der Waals surface area contributed by atoms with Gasteiger partial charge in [-0.05, 0) is 6.42 Å². The van der Waals surface area contributed by atoms with Crippen LogP contribution in [0, 0.1) is 0 Å². The molecule has 1 aliphatic heterocycles. The predicted molar refractivity (Wildman–Crippen MR) is 64.1 cm³/mol. The average molecular weight is 225 g/mol. The first-order valence-corrected chi connectivity index (χ1v) is 6.54. The molecule has 1 atom stereocenters. The van der Waals surface area contributed by atoms with Crippen LogP contribution in [0.15, 0.2) is 10.9 Å². The lowest BCUT2D eigenvalue weighted by molar-refractivity contribution is 0.314. The maximum Gasteiger partial charge on any atom is 0.0795 e. The van der Waals surface area contributed by atoms with Crippen LogP contribution in [0.5, 0.6) is 0 Å². The van der Waals surface area contributed by atoms with E-state index in [0.717, 1.165) is 13.1 Å². The third-order valence-corrected chi connectivity index (χ3v) is 3.35. The third kappa shape index (κ3) is 3.26. The molecule has 0 aromatic carbocycles. The third-order valence-electron chi connectivity index (χ3n) is 2.71. The molecule has 1 unspecified atom stereocenters. The Balaban J connectivity index is 1.78. The van der Waals surface area contributed by atoms with E-state index < -0.39 is 0 Å². The number of nitrogens with zero attached hydrogens (tertiary/aromatic N) is 2. The van der Waals surface area contributed by atoms with E-state index in [-0.39, 0.29) is 0 Å². The number of rotatable bonds is 4. The summed E-state index contributed by atoms with van der Waals surface area (Å²) in [5.41, 5.74) is 3.13. The summed E-state index contributed by atoms with van der Waals surface area (Å²) in [7, 11) is 0. The van der Waals surface area contributed by atoms with Gasteiger partial charge >= 0.3 is 0 Å². The Kier molecular flexibility index (Phi) is 3.72. The Morgan fingerprint density at radius 1 is 1.67 bits per heavy atom. The monoisotopic (exact) mass is 225 g/mol. The number of hydrogen-bond acceptors (Lipinski definition) is 4. The summed E-state index contributed by atoms with van der Waals surface area (Å²) in [4.78, 5) is 6.80. The van der Waals surface area contributed by atoms with E-state index in [4.69, 9.17) is 0 Å². The topological polar surface area (TPSA) is 28.2 Å². The van der Waals surface area contributed by atoms with E-state index in [9.17, 15) is 0 Å². The molecule has 2 rings (SSSR count). The molecule has 0 spiro atoms. The van der Waals surface area contributed by atoms with Gasteiger partial charge in [-0.25, -0.2) is 4.98 Å². The van der Waals surface area contributed by atoms with Crippen molar-refractivity contribution in [2.75, 3.05) is 13.1 Å². The van der Waals surface area contributed by atoms with Gasteiger partial charge in [-0.3, -0.25) is 4.90 Å². The minimum atomic E-state index is 0.592. The number of thiazole rings is 1. The molecule has 15 heavy (non-hydrogen) atoms. The lowest BCUT2D eigenvalue weighted by Crippen LogP contribution is -2.36. The van der Waals surface area contributed by atoms with E-state index in [0.29, 0.717) is 12.1 Å². The fraction of sp³-hybridized carbons (Fsp3) is 0.727. The van der Waals surface area contributed by atoms with Crippen LogP contribution in [0.3, 0.4) is 0 Å². The van der Waals surface area contributed by atoms with Crippen molar-refractivity contribution in [1.82, 2.24) is 15.2 Å². The standard InChI is InChI=1S/C11H19N3S/c1-9(2)13-10-3-4-14(5-10)6-11-7-15-8-12-11/h7-10,13H,3-6H2,1-2H3. The van der Waals surface area contributed by atoms with Gasteiger partial charge in [0.2, 0.25) is 0 Å². The van der Waals surface area contributed by atoms with E-state index in [2.05, 4.69) is 34.4 Å². The van der Waals surface area contributed by atoms with Gasteiger partial charge in [0.05, 0.1) is 11.2 Å². The second-order valence-corrected chi connectivity index (χ2v) is 5.24. The van der Waals surface area contributed by atoms with Crippen molar-refractivity contribution < 1.29 is 0 Å². The first-order valence-electron chi connectivity index (χ1n) is 5.59. The van der Waals surface area contributed by atoms with Crippen LogP contribution in [0.4, 0.5) is 0 Å². The van der Waals surface area contributed by atoms with E-state index in [1.807, 2.05) is 5.51 Å². The minimum Gasteiger partial charge on any atom is -0.310 e. The van der Waals surface area contributed by atoms with Crippen LogP contribution in [0.1, 0.15) is 26.0 Å². The zero-order valence-corrected chi connectivity index (χ0v) is 10.3. The average Bonchev–Trinajstić information content (AvgIpc) is 2.77. The molecule has 4 heteroatoms. The fourth-order valence-electron chi connectivity index (χ4n) is 2.13. The summed E-state index contributed by atoms with van der Waals surface area (Å²) in [6, 6.07) is 1.26. The molecule has 0 radical (unpaired) electrons. The lowest BCUT2D eigenvalue weighted by atomic mass is 10.2. The molecular weight excluding hydrogens is 206 g/mol. The summed E-state index contributed by atoms with van der Waals surface area (Å²) in [6.45, 7) is 7.80. The predicted octanol–water partition coefficient (Wildman–Crippen LogP) is 1.72. The van der Waals surface area contributed by atoms with Crippen LogP contribution in [0.25, 0.3) is 0 Å². The normalized spacial score (nSPS) is 22.7. The van der Waals surface area contributed by atoms with Gasteiger partial charge in [0.25, 0.3) is 0 Å². The first-order chi connectivity index (χ1) is 7.24. The molecule has 1 aromatic heterocycles. The maximum absolute atomic E-state index is 4.32. The molecule has 1 aromatic rings. The number of likely N-dealkylation sites (tertiary alicyclic amines) is 1. The molecule has 1 aliphatic rings. The van der Waals surface area contributed by atoms with Gasteiger partial charge in [0, 0.05) is 37.1 Å². The fourth-order valence-corrected chi connectivity index (χ4v) is 2.68. The van der Waals surface area contributed by atoms with Crippen LogP contribution in [0.2, 0.25) is 0 Å². The molecule has 1 fully saturated rings. The Morgan fingerprint density at radius 3 is 3.20 bits per heavy atom. The molecule has 0 saturated carbocycles. The summed E-state index contributed by atoms with van der Waals surface area (Å²) in [5.74, 6) is 0. The quantitative estimate of drug-likeness (QED) is 0.845. The van der Waals surface area contributed by atoms with Crippen molar-refractivity contribution in [3.63, 3.8) is 0 Å². The number of hydrogen-bond donors (Lipinski definition) is 1. The van der Waals surface area contributed by atoms with Gasteiger partial charge in [-0.15, -0.1) is 11.3 Å². The minimum absolute atomic E-state index is 0.592. The maximum atomic E-state index is 4.32. The highest BCUT2D eigenvalue weighted by Crippen LogP contribution is 2.13. The first kappa shape index (κ1) is 11.0. The lowest BCUT2D eigenvalue weighted by Gasteiger charge is -2.17. The SMILES string of the molecule is CC(C)NC1CCN(Cc2cscn2)C1. The molecule has 0 amide bonds. The van der Waals surface area contributed by atoms with Crippen LogP contribution in [-0.4, -0.2) is 35.1 Å². The van der Waals surface area contributed by atoms with Gasteiger partial charge in [0.15, 0.2) is 0 Å². The largest absolute Gasteiger partial charge is 0.310 e. The van der Waals surface area contributed by atoms with Gasteiger partial charge in [-0.2, -0.15) is 0 Å². The Hall–Kier alpha value is -0.450. The van der Waals surface area contributed by atoms with Crippen molar-refractivity contribution in [2.45, 2.75) is 38.9 Å². The van der Waals surface area contributed by atoms with E-state index >= 15 is 0 Å². The zero-order chi connectivity index (χ0) is 10.7. The molecule has 84 valence electrons. The second-order valence-electron chi connectivity index (χ2n) is 4.52. The molecule has 1 saturated heterocycles. The summed E-state index contributed by atoms with van der Waals surface area (Å²) in [6.07, 6.45) is 1.27. The number of nitrogens with one attached hydrogen (secondary N) is 1. The van der Waals surface area contributed by atoms with Crippen molar-refractivity contribution in [3.8, 4) is 0 Å². The Bertz CT molecular complexity index is 284. The summed E-state index contributed by atoms with van der Waals surface area (Å²) >= 11 is 1.68. The van der Waals surface area contributed by atoms with Crippen LogP contribution < -0.4 is 5.32 Å². The molecule has 0 bridgehead atoms. The Morgan fingerprint density at radius 2 is 2.53 bits per heavy atom. The van der Waals surface area contributed by atoms with Crippen molar-refractivity contribution in [3.05, 3.63) is 16.6 Å². The highest BCUT2D eigenvalue weighted by Gasteiger charge is 2.22. The molecule has 1 N–H and O–H groups in total. The summed E-state index contributed by atoms with van der Waals surface area (Å²) < 4.78 is 0. The molecule has 3 nitrogen and oxygen atoms in total.